The maximum atomic E-state index is 10.6. The zero-order valence-corrected chi connectivity index (χ0v) is 10.1. The van der Waals surface area contributed by atoms with E-state index < -0.39 is 0 Å². The molecule has 1 aromatic carbocycles. The molecule has 2 aromatic heterocycles. The number of carbonyl (C=O) groups excluding carboxylic acids is 1. The van der Waals surface area contributed by atoms with Gasteiger partial charge in [0, 0.05) is 5.56 Å². The minimum atomic E-state index is 0.313. The lowest BCUT2D eigenvalue weighted by atomic mass is 10.1. The summed E-state index contributed by atoms with van der Waals surface area (Å²) in [6.45, 7) is 1.78. The Kier molecular flexibility index (Phi) is 2.68. The van der Waals surface area contributed by atoms with Crippen molar-refractivity contribution in [2.24, 2.45) is 0 Å². The summed E-state index contributed by atoms with van der Waals surface area (Å²) in [5.41, 5.74) is 1.69. The lowest BCUT2D eigenvalue weighted by Crippen LogP contribution is -1.98. The van der Waals surface area contributed by atoms with E-state index in [1.54, 1.807) is 19.1 Å². The second kappa shape index (κ2) is 4.49. The van der Waals surface area contributed by atoms with E-state index in [9.17, 15) is 4.79 Å². The van der Waals surface area contributed by atoms with Gasteiger partial charge in [0.25, 0.3) is 0 Å². The number of carbonyl (C=O) groups is 1. The lowest BCUT2D eigenvalue weighted by Gasteiger charge is -2.00. The van der Waals surface area contributed by atoms with Crippen molar-refractivity contribution in [2.45, 2.75) is 6.92 Å². The summed E-state index contributed by atoms with van der Waals surface area (Å²) < 4.78 is 5.35. The van der Waals surface area contributed by atoms with Crippen LogP contribution in [0.1, 0.15) is 16.4 Å². The van der Waals surface area contributed by atoms with Gasteiger partial charge in [-0.3, -0.25) is 4.79 Å². The number of aryl methyl sites for hydroxylation is 1. The second-order valence-electron chi connectivity index (χ2n) is 3.99. The Hall–Kier alpha value is -2.76. The number of furan rings is 1. The van der Waals surface area contributed by atoms with E-state index in [0.29, 0.717) is 23.6 Å². The summed E-state index contributed by atoms with van der Waals surface area (Å²) >= 11 is 0. The van der Waals surface area contributed by atoms with Crippen molar-refractivity contribution < 1.29 is 9.21 Å². The third-order valence-electron chi connectivity index (χ3n) is 2.64. The van der Waals surface area contributed by atoms with Crippen LogP contribution in [0, 0.1) is 6.92 Å². The molecule has 94 valence electrons. The fourth-order valence-electron chi connectivity index (χ4n) is 1.72. The molecule has 0 spiro atoms. The molecular weight excluding hydrogens is 244 g/mol. The van der Waals surface area contributed by atoms with Gasteiger partial charge in [-0.05, 0) is 48.5 Å². The molecular formula is C13H10N4O2. The lowest BCUT2D eigenvalue weighted by molar-refractivity contribution is 0.110. The molecule has 2 heterocycles. The van der Waals surface area contributed by atoms with Crippen molar-refractivity contribution in [3.05, 3.63) is 48.0 Å². The number of hydrogen-bond acceptors (Lipinski definition) is 5. The van der Waals surface area contributed by atoms with E-state index >= 15 is 0 Å². The summed E-state index contributed by atoms with van der Waals surface area (Å²) in [7, 11) is 0. The Morgan fingerprint density at radius 1 is 1.16 bits per heavy atom. The molecule has 3 rings (SSSR count). The Labute approximate surface area is 108 Å². The number of tetrazole rings is 1. The molecule has 0 aliphatic heterocycles. The number of benzene rings is 1. The number of nitrogens with zero attached hydrogens (tertiary/aromatic N) is 4. The summed E-state index contributed by atoms with van der Waals surface area (Å²) in [4.78, 5) is 12.0. The predicted molar refractivity (Wildman–Crippen MR) is 67.0 cm³/mol. The molecule has 6 heteroatoms. The molecule has 0 bridgehead atoms. The Morgan fingerprint density at radius 3 is 2.53 bits per heavy atom. The van der Waals surface area contributed by atoms with Gasteiger partial charge < -0.3 is 4.42 Å². The average molecular weight is 254 g/mol. The monoisotopic (exact) mass is 254 g/mol. The van der Waals surface area contributed by atoms with E-state index in [0.717, 1.165) is 11.3 Å². The molecule has 0 amide bonds. The van der Waals surface area contributed by atoms with Gasteiger partial charge >= 0.3 is 0 Å². The van der Waals surface area contributed by atoms with Crippen LogP contribution in [-0.2, 0) is 0 Å². The maximum Gasteiger partial charge on any atom is 0.185 e. The van der Waals surface area contributed by atoms with Crippen LogP contribution in [0.15, 0.2) is 40.8 Å². The van der Waals surface area contributed by atoms with Crippen LogP contribution in [0.3, 0.4) is 0 Å². The average Bonchev–Trinajstić information content (AvgIpc) is 3.07. The van der Waals surface area contributed by atoms with E-state index in [1.165, 1.54) is 4.80 Å². The molecule has 6 nitrogen and oxygen atoms in total. The normalized spacial score (nSPS) is 10.6. The van der Waals surface area contributed by atoms with Gasteiger partial charge in [-0.15, -0.1) is 15.0 Å². The standard InChI is InChI=1S/C13H10N4O2/c1-9-14-16-17(15-9)11-4-2-10(3-5-11)13-7-6-12(8-18)19-13/h2-8H,1H3. The first-order valence-corrected chi connectivity index (χ1v) is 5.69. The largest absolute Gasteiger partial charge is 0.453 e. The highest BCUT2D eigenvalue weighted by Crippen LogP contribution is 2.22. The van der Waals surface area contributed by atoms with E-state index in [2.05, 4.69) is 15.4 Å². The van der Waals surface area contributed by atoms with Gasteiger partial charge in [-0.25, -0.2) is 0 Å². The van der Waals surface area contributed by atoms with Crippen molar-refractivity contribution in [3.63, 3.8) is 0 Å². The summed E-state index contributed by atoms with van der Waals surface area (Å²) in [6, 6.07) is 10.9. The molecule has 0 atom stereocenters. The van der Waals surface area contributed by atoms with Crippen molar-refractivity contribution in [1.29, 1.82) is 0 Å². The predicted octanol–water partition coefficient (Wildman–Crippen LogP) is 2.04. The van der Waals surface area contributed by atoms with Crippen LogP contribution >= 0.6 is 0 Å². The molecule has 0 aliphatic carbocycles. The minimum Gasteiger partial charge on any atom is -0.453 e. The molecule has 19 heavy (non-hydrogen) atoms. The van der Waals surface area contributed by atoms with Crippen molar-refractivity contribution in [3.8, 4) is 17.0 Å². The van der Waals surface area contributed by atoms with Crippen LogP contribution in [0.5, 0.6) is 0 Å². The zero-order chi connectivity index (χ0) is 13.2. The molecule has 0 N–H and O–H groups in total. The van der Waals surface area contributed by atoms with Crippen LogP contribution in [0.4, 0.5) is 0 Å². The first-order chi connectivity index (χ1) is 9.26. The molecule has 0 saturated heterocycles. The molecule has 3 aromatic rings. The second-order valence-corrected chi connectivity index (χ2v) is 3.99. The minimum absolute atomic E-state index is 0.313. The Balaban J connectivity index is 1.92. The van der Waals surface area contributed by atoms with Crippen LogP contribution in [0.2, 0.25) is 0 Å². The number of hydrogen-bond donors (Lipinski definition) is 0. The third-order valence-corrected chi connectivity index (χ3v) is 2.64. The summed E-state index contributed by atoms with van der Waals surface area (Å²) in [5, 5.41) is 11.8. The quantitative estimate of drug-likeness (QED) is 0.669. The van der Waals surface area contributed by atoms with Crippen molar-refractivity contribution in [1.82, 2.24) is 20.2 Å². The number of aldehydes is 1. The van der Waals surface area contributed by atoms with Crippen LogP contribution in [0.25, 0.3) is 17.0 Å². The summed E-state index contributed by atoms with van der Waals surface area (Å²) in [6.07, 6.45) is 0.681. The molecule has 0 radical (unpaired) electrons. The van der Waals surface area contributed by atoms with Crippen LogP contribution in [-0.4, -0.2) is 26.5 Å². The van der Waals surface area contributed by atoms with Crippen molar-refractivity contribution in [2.75, 3.05) is 0 Å². The van der Waals surface area contributed by atoms with Gasteiger partial charge in [-0.2, -0.15) is 0 Å². The van der Waals surface area contributed by atoms with Gasteiger partial charge in [0.15, 0.2) is 17.9 Å². The summed E-state index contributed by atoms with van der Waals surface area (Å²) in [5.74, 6) is 1.58. The third kappa shape index (κ3) is 2.15. The van der Waals surface area contributed by atoms with Gasteiger partial charge in [0.2, 0.25) is 0 Å². The number of aromatic nitrogens is 4. The van der Waals surface area contributed by atoms with E-state index in [-0.39, 0.29) is 0 Å². The van der Waals surface area contributed by atoms with Crippen molar-refractivity contribution >= 4 is 6.29 Å². The SMILES string of the molecule is Cc1nnn(-c2ccc(-c3ccc(C=O)o3)cc2)n1. The maximum absolute atomic E-state index is 10.6. The molecule has 0 saturated carbocycles. The fourth-order valence-corrected chi connectivity index (χ4v) is 1.72. The highest BCUT2D eigenvalue weighted by molar-refractivity contribution is 5.72. The van der Waals surface area contributed by atoms with E-state index in [1.807, 2.05) is 24.3 Å². The number of rotatable bonds is 3. The van der Waals surface area contributed by atoms with Crippen LogP contribution < -0.4 is 0 Å². The van der Waals surface area contributed by atoms with Gasteiger partial charge in [0.1, 0.15) is 5.76 Å². The zero-order valence-electron chi connectivity index (χ0n) is 10.1. The topological polar surface area (TPSA) is 73.8 Å². The molecule has 0 unspecified atom stereocenters. The first kappa shape index (κ1) is 11.3. The van der Waals surface area contributed by atoms with E-state index in [4.69, 9.17) is 4.42 Å². The van der Waals surface area contributed by atoms with Gasteiger partial charge in [-0.1, -0.05) is 0 Å². The Bertz CT molecular complexity index is 712. The van der Waals surface area contributed by atoms with Gasteiger partial charge in [0.05, 0.1) is 5.69 Å². The highest BCUT2D eigenvalue weighted by Gasteiger charge is 2.06. The molecule has 0 aliphatic rings. The molecule has 0 fully saturated rings. The first-order valence-electron chi connectivity index (χ1n) is 5.69. The fraction of sp³-hybridized carbons (Fsp3) is 0.0769. The smallest absolute Gasteiger partial charge is 0.185 e. The Morgan fingerprint density at radius 2 is 1.95 bits per heavy atom. The highest BCUT2D eigenvalue weighted by atomic mass is 16.3.